The number of anilines is 2. The highest BCUT2D eigenvalue weighted by Crippen LogP contribution is 2.40. The van der Waals surface area contributed by atoms with Crippen LogP contribution in [-0.2, 0) is 6.54 Å². The molecule has 11 heteroatoms. The van der Waals surface area contributed by atoms with Gasteiger partial charge < -0.3 is 24.6 Å². The molecule has 0 spiro atoms. The molecule has 4 aromatic carbocycles. The Morgan fingerprint density at radius 3 is 1.45 bits per heavy atom. The summed E-state index contributed by atoms with van der Waals surface area (Å²) in [6, 6.07) is 29.1. The summed E-state index contributed by atoms with van der Waals surface area (Å²) in [4.78, 5) is 35.0. The van der Waals surface area contributed by atoms with Crippen molar-refractivity contribution in [3.05, 3.63) is 121 Å². The zero-order valence-corrected chi connectivity index (χ0v) is 42.2. The third-order valence-corrected chi connectivity index (χ3v) is 14.8. The molecule has 0 bridgehead atoms. The molecule has 1 N–H and O–H groups in total. The Bertz CT molecular complexity index is 2510. The van der Waals surface area contributed by atoms with Crippen LogP contribution in [0.1, 0.15) is 109 Å². The van der Waals surface area contributed by atoms with Gasteiger partial charge in [0.05, 0.1) is 12.2 Å². The highest BCUT2D eigenvalue weighted by molar-refractivity contribution is 5.89. The summed E-state index contributed by atoms with van der Waals surface area (Å²) < 4.78 is 12.6. The highest BCUT2D eigenvalue weighted by atomic mass is 16.5. The Balaban J connectivity index is 0.000000157. The molecule has 0 unspecified atom stereocenters. The number of carbonyl (C=O) groups excluding carboxylic acids is 1. The van der Waals surface area contributed by atoms with E-state index in [2.05, 4.69) is 124 Å². The number of piperazine rings is 2. The predicted octanol–water partition coefficient (Wildman–Crippen LogP) is 11.5. The van der Waals surface area contributed by atoms with Crippen LogP contribution < -0.4 is 24.6 Å². The maximum Gasteiger partial charge on any atom is 0.225 e. The van der Waals surface area contributed by atoms with Gasteiger partial charge in [0.1, 0.15) is 17.8 Å². The van der Waals surface area contributed by atoms with E-state index in [1.54, 1.807) is 12.4 Å². The average Bonchev–Trinajstić information content (AvgIpc) is 3.37. The van der Waals surface area contributed by atoms with Crippen molar-refractivity contribution in [3.63, 3.8) is 0 Å². The zero-order valence-electron chi connectivity index (χ0n) is 42.2. The molecule has 11 nitrogen and oxygen atoms in total. The van der Waals surface area contributed by atoms with Gasteiger partial charge in [-0.05, 0) is 150 Å². The topological polar surface area (TPSA) is 109 Å². The van der Waals surface area contributed by atoms with Gasteiger partial charge in [0.15, 0.2) is 0 Å². The van der Waals surface area contributed by atoms with Gasteiger partial charge in [0.25, 0.3) is 0 Å². The molecule has 6 aromatic rings. The molecular weight excluding hydrogens is 857 g/mol. The minimum absolute atomic E-state index is 0.334. The van der Waals surface area contributed by atoms with E-state index in [4.69, 9.17) is 9.47 Å². The monoisotopic (exact) mass is 933 g/mol. The summed E-state index contributed by atoms with van der Waals surface area (Å²) in [5.74, 6) is 5.26. The molecule has 10 rings (SSSR count). The van der Waals surface area contributed by atoms with Crippen LogP contribution in [0.3, 0.4) is 0 Å². The summed E-state index contributed by atoms with van der Waals surface area (Å²) in [6.07, 6.45) is 18.5. The predicted molar refractivity (Wildman–Crippen MR) is 282 cm³/mol. The number of rotatable bonds is 9. The molecule has 2 saturated heterocycles. The first-order chi connectivity index (χ1) is 33.4. The molecule has 4 fully saturated rings. The van der Waals surface area contributed by atoms with Crippen LogP contribution in [0, 0.1) is 22.7 Å². The minimum Gasteiger partial charge on any atom is -0.490 e. The number of aldehydes is 1. The lowest BCUT2D eigenvalue weighted by molar-refractivity contribution is 0.0881. The Morgan fingerprint density at radius 2 is 0.971 bits per heavy atom. The summed E-state index contributed by atoms with van der Waals surface area (Å²) >= 11 is 0. The number of nitrogens with zero attached hydrogens (tertiary/aromatic N) is 7. The third-order valence-electron chi connectivity index (χ3n) is 14.8. The number of carbonyl (C=O) groups is 1. The first-order valence-corrected chi connectivity index (χ1v) is 25.7. The second kappa shape index (κ2) is 23.3. The van der Waals surface area contributed by atoms with Crippen LogP contribution in [-0.4, -0.2) is 95.7 Å². The molecule has 69 heavy (non-hydrogen) atoms. The number of ether oxygens (including phenoxy) is 2. The molecule has 2 aliphatic carbocycles. The van der Waals surface area contributed by atoms with Crippen LogP contribution in [0.15, 0.2) is 110 Å². The van der Waals surface area contributed by atoms with Crippen molar-refractivity contribution < 1.29 is 14.3 Å². The minimum atomic E-state index is 0.334. The van der Waals surface area contributed by atoms with Gasteiger partial charge in [0.2, 0.25) is 11.9 Å². The summed E-state index contributed by atoms with van der Waals surface area (Å²) in [7, 11) is 0. The van der Waals surface area contributed by atoms with Crippen LogP contribution in [0.2, 0.25) is 0 Å². The molecule has 0 radical (unpaired) electrons. The largest absolute Gasteiger partial charge is 0.490 e. The van der Waals surface area contributed by atoms with E-state index >= 15 is 0 Å². The molecule has 4 aliphatic rings. The lowest BCUT2D eigenvalue weighted by Crippen LogP contribution is -2.46. The van der Waals surface area contributed by atoms with Gasteiger partial charge in [-0.2, -0.15) is 0 Å². The second-order valence-corrected chi connectivity index (χ2v) is 21.7. The van der Waals surface area contributed by atoms with Gasteiger partial charge in [-0.1, -0.05) is 77.9 Å². The first kappa shape index (κ1) is 49.8. The van der Waals surface area contributed by atoms with E-state index in [9.17, 15) is 4.79 Å². The van der Waals surface area contributed by atoms with Crippen LogP contribution >= 0.6 is 0 Å². The lowest BCUT2D eigenvalue weighted by atomic mass is 9.72. The van der Waals surface area contributed by atoms with E-state index in [0.29, 0.717) is 28.6 Å². The van der Waals surface area contributed by atoms with Crippen molar-refractivity contribution in [1.82, 2.24) is 30.2 Å². The number of aromatic nitrogens is 4. The van der Waals surface area contributed by atoms with Crippen LogP contribution in [0.5, 0.6) is 11.5 Å². The summed E-state index contributed by atoms with van der Waals surface area (Å²) in [5, 5.41) is 8.04. The molecule has 2 aliphatic heterocycles. The Labute approximate surface area is 411 Å². The van der Waals surface area contributed by atoms with Crippen molar-refractivity contribution in [2.75, 3.05) is 62.2 Å². The normalized spacial score (nSPS) is 21.4. The van der Waals surface area contributed by atoms with Gasteiger partial charge in [-0.3, -0.25) is 9.69 Å². The number of hydrogen-bond acceptors (Lipinski definition) is 11. The smallest absolute Gasteiger partial charge is 0.225 e. The molecule has 366 valence electrons. The van der Waals surface area contributed by atoms with Crippen molar-refractivity contribution >= 4 is 39.7 Å². The van der Waals surface area contributed by atoms with E-state index in [1.165, 1.54) is 54.9 Å². The first-order valence-electron chi connectivity index (χ1n) is 25.7. The Kier molecular flexibility index (Phi) is 16.8. The number of nitrogens with one attached hydrogen (secondary N) is 1. The highest BCUT2D eigenvalue weighted by Gasteiger charge is 2.32. The number of benzene rings is 4. The SMILES string of the molecule is CC(C)(C)C1CCC(Oc2ccc3cc(C=O)ccc3c2)CC1.CC(C)(C)C1CCC(Oc2ccc3cc(CN4CCN(c5ncccn5)CC4)ccc3c2)CC1.c1cnc(N2CCNCC2)nc1. The maximum atomic E-state index is 10.9. The van der Waals surface area contributed by atoms with Crippen molar-refractivity contribution in [2.24, 2.45) is 22.7 Å². The maximum absolute atomic E-state index is 10.9. The Hall–Kier alpha value is -5.65. The molecular formula is C58H76N8O3. The fraction of sp³-hybridized carbons (Fsp3) is 0.500. The van der Waals surface area contributed by atoms with E-state index in [-0.39, 0.29) is 0 Å². The Morgan fingerprint density at radius 1 is 0.536 bits per heavy atom. The van der Waals surface area contributed by atoms with Gasteiger partial charge in [-0.15, -0.1) is 0 Å². The lowest BCUT2D eigenvalue weighted by Gasteiger charge is -2.37. The number of fused-ring (bicyclic) bond motifs is 2. The van der Waals surface area contributed by atoms with E-state index in [0.717, 1.165) is 124 Å². The van der Waals surface area contributed by atoms with Gasteiger partial charge >= 0.3 is 0 Å². The van der Waals surface area contributed by atoms with Crippen LogP contribution in [0.25, 0.3) is 21.5 Å². The standard InChI is InChI=1S/C29H38N4O.C21H26O2.C8H12N4/c1-29(2,3)25-8-11-26(12-9-25)34-27-10-7-23-19-22(5-6-24(23)20-27)21-32-15-17-33(18-16-32)28-30-13-4-14-31-28;1-21(2,3)18-7-10-19(11-8-18)23-20-9-6-16-12-15(14-22)4-5-17(16)13-20;1-2-10-8(11-3-1)12-6-4-9-5-7-12/h4-7,10,13-14,19-20,25-26H,8-9,11-12,15-18,21H2,1-3H3;4-6,9,12-14,18-19H,7-8,10-11H2,1-3H3;1-3,9H,4-7H2. The van der Waals surface area contributed by atoms with Crippen molar-refractivity contribution in [1.29, 1.82) is 0 Å². The third kappa shape index (κ3) is 14.2. The molecule has 0 amide bonds. The van der Waals surface area contributed by atoms with Gasteiger partial charge in [-0.25, -0.2) is 19.9 Å². The quantitative estimate of drug-likeness (QED) is 0.140. The molecule has 0 atom stereocenters. The van der Waals surface area contributed by atoms with Gasteiger partial charge in [0, 0.05) is 89.3 Å². The fourth-order valence-corrected chi connectivity index (χ4v) is 10.5. The van der Waals surface area contributed by atoms with E-state index < -0.39 is 0 Å². The number of hydrogen-bond donors (Lipinski definition) is 1. The fourth-order valence-electron chi connectivity index (χ4n) is 10.5. The van der Waals surface area contributed by atoms with Crippen LogP contribution in [0.4, 0.5) is 11.9 Å². The second-order valence-electron chi connectivity index (χ2n) is 21.7. The van der Waals surface area contributed by atoms with Crippen molar-refractivity contribution in [2.45, 2.75) is 112 Å². The summed E-state index contributed by atoms with van der Waals surface area (Å²) in [5.41, 5.74) is 2.90. The molecule has 4 heterocycles. The summed E-state index contributed by atoms with van der Waals surface area (Å²) in [6.45, 7) is 23.2. The molecule has 2 aromatic heterocycles. The average molecular weight is 933 g/mol. The van der Waals surface area contributed by atoms with E-state index in [1.807, 2.05) is 54.9 Å². The molecule has 2 saturated carbocycles. The van der Waals surface area contributed by atoms with Crippen molar-refractivity contribution in [3.8, 4) is 11.5 Å². The zero-order chi connectivity index (χ0) is 48.2.